The molecule has 28 heavy (non-hydrogen) atoms. The van der Waals surface area contributed by atoms with E-state index >= 15 is 0 Å². The Hall–Kier alpha value is -3.42. The van der Waals surface area contributed by atoms with E-state index in [2.05, 4.69) is 10.3 Å². The van der Waals surface area contributed by atoms with Gasteiger partial charge in [0, 0.05) is 0 Å². The maximum absolute atomic E-state index is 12.8. The molecule has 1 atom stereocenters. The predicted molar refractivity (Wildman–Crippen MR) is 102 cm³/mol. The summed E-state index contributed by atoms with van der Waals surface area (Å²) in [5.41, 5.74) is 0.501. The van der Waals surface area contributed by atoms with Crippen LogP contribution in [0.5, 0.6) is 0 Å². The first kappa shape index (κ1) is 19.3. The molecule has 2 aromatic heterocycles. The van der Waals surface area contributed by atoms with Crippen LogP contribution in [0.15, 0.2) is 45.9 Å². The Bertz CT molecular complexity index is 1070. The highest BCUT2D eigenvalue weighted by molar-refractivity contribution is 6.03. The summed E-state index contributed by atoms with van der Waals surface area (Å²) in [5, 5.41) is 2.86. The van der Waals surface area contributed by atoms with Crippen LogP contribution < -0.4 is 10.9 Å². The molecule has 0 bridgehead atoms. The topological polar surface area (TPSA) is 103 Å². The molecule has 3 aromatic rings. The standard InChI is InChI=1S/C20H21N3O5/c1-4-27-20(26)16-13(3)28-18-17(16)19(25)23(11-21-18)10-15(24)22-12(2)14-8-6-5-7-9-14/h5-9,11-12H,4,10H2,1-3H3,(H,22,24)/t12-/m1/s1. The molecule has 0 saturated carbocycles. The number of nitrogens with one attached hydrogen (secondary N) is 1. The lowest BCUT2D eigenvalue weighted by atomic mass is 10.1. The van der Waals surface area contributed by atoms with Crippen molar-refractivity contribution in [2.45, 2.75) is 33.4 Å². The van der Waals surface area contributed by atoms with Gasteiger partial charge in [0.25, 0.3) is 5.56 Å². The third kappa shape index (κ3) is 3.80. The number of nitrogens with zero attached hydrogens (tertiary/aromatic N) is 2. The number of benzene rings is 1. The van der Waals surface area contributed by atoms with E-state index < -0.39 is 11.5 Å². The smallest absolute Gasteiger partial charge is 0.342 e. The number of fused-ring (bicyclic) bond motifs is 1. The number of aryl methyl sites for hydroxylation is 1. The summed E-state index contributed by atoms with van der Waals surface area (Å²) >= 11 is 0. The van der Waals surface area contributed by atoms with E-state index in [0.29, 0.717) is 0 Å². The van der Waals surface area contributed by atoms with Crippen LogP contribution in [0, 0.1) is 6.92 Å². The van der Waals surface area contributed by atoms with Crippen molar-refractivity contribution in [2.24, 2.45) is 0 Å². The minimum Gasteiger partial charge on any atom is -0.462 e. The third-order valence-electron chi connectivity index (χ3n) is 4.33. The highest BCUT2D eigenvalue weighted by Crippen LogP contribution is 2.21. The van der Waals surface area contributed by atoms with Gasteiger partial charge in [-0.25, -0.2) is 9.78 Å². The molecule has 1 aromatic carbocycles. The average Bonchev–Trinajstić information content (AvgIpc) is 3.01. The maximum atomic E-state index is 12.8. The molecule has 0 aliphatic heterocycles. The van der Waals surface area contributed by atoms with Crippen LogP contribution in [0.25, 0.3) is 11.1 Å². The minimum absolute atomic E-state index is 0.0161. The van der Waals surface area contributed by atoms with Crippen LogP contribution in [0.2, 0.25) is 0 Å². The van der Waals surface area contributed by atoms with E-state index in [4.69, 9.17) is 9.15 Å². The summed E-state index contributed by atoms with van der Waals surface area (Å²) in [7, 11) is 0. The number of hydrogen-bond acceptors (Lipinski definition) is 6. The fourth-order valence-corrected chi connectivity index (χ4v) is 2.97. The molecule has 8 nitrogen and oxygen atoms in total. The Kier molecular flexibility index (Phi) is 5.58. The van der Waals surface area contributed by atoms with Gasteiger partial charge in [0.2, 0.25) is 11.6 Å². The molecule has 146 valence electrons. The monoisotopic (exact) mass is 383 g/mol. The molecule has 0 aliphatic carbocycles. The van der Waals surface area contributed by atoms with E-state index in [-0.39, 0.29) is 47.5 Å². The summed E-state index contributed by atoms with van der Waals surface area (Å²) in [6.07, 6.45) is 1.23. The van der Waals surface area contributed by atoms with Gasteiger partial charge in [0.15, 0.2) is 0 Å². The SMILES string of the molecule is CCOC(=O)c1c(C)oc2ncn(CC(=O)N[C@H](C)c3ccccc3)c(=O)c12. The molecule has 0 fully saturated rings. The van der Waals surface area contributed by atoms with Crippen LogP contribution in [0.3, 0.4) is 0 Å². The van der Waals surface area contributed by atoms with E-state index in [1.807, 2.05) is 37.3 Å². The van der Waals surface area contributed by atoms with Gasteiger partial charge in [-0.1, -0.05) is 30.3 Å². The molecule has 8 heteroatoms. The molecular weight excluding hydrogens is 362 g/mol. The fourth-order valence-electron chi connectivity index (χ4n) is 2.97. The van der Waals surface area contributed by atoms with Gasteiger partial charge in [0.1, 0.15) is 29.6 Å². The average molecular weight is 383 g/mol. The molecule has 3 rings (SSSR count). The van der Waals surface area contributed by atoms with Crippen molar-refractivity contribution in [3.05, 3.63) is 63.9 Å². The largest absolute Gasteiger partial charge is 0.462 e. The van der Waals surface area contributed by atoms with Crippen LogP contribution in [-0.2, 0) is 16.1 Å². The summed E-state index contributed by atoms with van der Waals surface area (Å²) in [6.45, 7) is 5.02. The van der Waals surface area contributed by atoms with Gasteiger partial charge in [-0.15, -0.1) is 0 Å². The van der Waals surface area contributed by atoms with E-state index in [9.17, 15) is 14.4 Å². The van der Waals surface area contributed by atoms with Gasteiger partial charge in [0.05, 0.1) is 12.6 Å². The molecule has 0 radical (unpaired) electrons. The Balaban J connectivity index is 1.86. The number of furan rings is 1. The molecule has 0 unspecified atom stereocenters. The molecular formula is C20H21N3O5. The number of carbonyl (C=O) groups excluding carboxylic acids is 2. The zero-order valence-electron chi connectivity index (χ0n) is 15.9. The van der Waals surface area contributed by atoms with Crippen molar-refractivity contribution in [1.82, 2.24) is 14.9 Å². The van der Waals surface area contributed by atoms with E-state index in [1.54, 1.807) is 13.8 Å². The first-order chi connectivity index (χ1) is 13.4. The number of carbonyl (C=O) groups is 2. The second-order valence-corrected chi connectivity index (χ2v) is 6.31. The van der Waals surface area contributed by atoms with Crippen LogP contribution in [-0.4, -0.2) is 28.0 Å². The second-order valence-electron chi connectivity index (χ2n) is 6.31. The lowest BCUT2D eigenvalue weighted by Gasteiger charge is -2.14. The zero-order chi connectivity index (χ0) is 20.3. The highest BCUT2D eigenvalue weighted by atomic mass is 16.5. The molecule has 1 amide bonds. The third-order valence-corrected chi connectivity index (χ3v) is 4.33. The summed E-state index contributed by atoms with van der Waals surface area (Å²) < 4.78 is 11.5. The Labute approximate surface area is 161 Å². The van der Waals surface area contributed by atoms with Crippen LogP contribution in [0.4, 0.5) is 0 Å². The van der Waals surface area contributed by atoms with Gasteiger partial charge in [-0.3, -0.25) is 14.2 Å². The summed E-state index contributed by atoms with van der Waals surface area (Å²) in [4.78, 5) is 41.5. The predicted octanol–water partition coefficient (Wildman–Crippen LogP) is 2.35. The minimum atomic E-state index is -0.655. The van der Waals surface area contributed by atoms with Crippen LogP contribution in [0.1, 0.15) is 41.6 Å². The van der Waals surface area contributed by atoms with Crippen molar-refractivity contribution >= 4 is 23.0 Å². The number of esters is 1. The van der Waals surface area contributed by atoms with Crippen molar-refractivity contribution in [3.63, 3.8) is 0 Å². The molecule has 2 heterocycles. The molecule has 0 saturated heterocycles. The number of ether oxygens (including phenoxy) is 1. The number of aromatic nitrogens is 2. The zero-order valence-corrected chi connectivity index (χ0v) is 15.9. The Morgan fingerprint density at radius 2 is 2.00 bits per heavy atom. The van der Waals surface area contributed by atoms with Crippen molar-refractivity contribution < 1.29 is 18.7 Å². The normalized spacial score (nSPS) is 12.0. The summed E-state index contributed by atoms with van der Waals surface area (Å²) in [6, 6.07) is 9.27. The van der Waals surface area contributed by atoms with Gasteiger partial charge in [-0.05, 0) is 26.3 Å². The van der Waals surface area contributed by atoms with Crippen LogP contribution >= 0.6 is 0 Å². The molecule has 0 spiro atoms. The molecule has 1 N–H and O–H groups in total. The van der Waals surface area contributed by atoms with Crippen molar-refractivity contribution in [2.75, 3.05) is 6.61 Å². The van der Waals surface area contributed by atoms with Crippen molar-refractivity contribution in [1.29, 1.82) is 0 Å². The highest BCUT2D eigenvalue weighted by Gasteiger charge is 2.24. The number of amides is 1. The lowest BCUT2D eigenvalue weighted by Crippen LogP contribution is -2.34. The molecule has 0 aliphatic rings. The van der Waals surface area contributed by atoms with E-state index in [0.717, 1.165) is 10.1 Å². The summed E-state index contributed by atoms with van der Waals surface area (Å²) in [5.74, 6) is -0.756. The van der Waals surface area contributed by atoms with Gasteiger partial charge < -0.3 is 14.5 Å². The Morgan fingerprint density at radius 3 is 2.68 bits per heavy atom. The first-order valence-corrected chi connectivity index (χ1v) is 8.92. The maximum Gasteiger partial charge on any atom is 0.342 e. The van der Waals surface area contributed by atoms with Crippen molar-refractivity contribution in [3.8, 4) is 0 Å². The lowest BCUT2D eigenvalue weighted by molar-refractivity contribution is -0.122. The number of rotatable bonds is 6. The Morgan fingerprint density at radius 1 is 1.29 bits per heavy atom. The first-order valence-electron chi connectivity index (χ1n) is 8.92. The quantitative estimate of drug-likeness (QED) is 0.656. The fraction of sp³-hybridized carbons (Fsp3) is 0.300. The van der Waals surface area contributed by atoms with E-state index in [1.165, 1.54) is 6.33 Å². The van der Waals surface area contributed by atoms with Gasteiger partial charge >= 0.3 is 5.97 Å². The second kappa shape index (κ2) is 8.08. The number of hydrogen-bond donors (Lipinski definition) is 1. The van der Waals surface area contributed by atoms with Gasteiger partial charge in [-0.2, -0.15) is 0 Å².